The Morgan fingerprint density at radius 1 is 1.03 bits per heavy atom. The van der Waals surface area contributed by atoms with Gasteiger partial charge in [0, 0.05) is 44.3 Å². The molecule has 2 fully saturated rings. The van der Waals surface area contributed by atoms with Crippen LogP contribution >= 0.6 is 11.8 Å². The summed E-state index contributed by atoms with van der Waals surface area (Å²) < 4.78 is 6.07. The maximum absolute atomic E-state index is 14.4. The zero-order chi connectivity index (χ0) is 44.6. The van der Waals surface area contributed by atoms with Crippen LogP contribution in [0.15, 0.2) is 72.4 Å². The van der Waals surface area contributed by atoms with E-state index in [1.807, 2.05) is 0 Å². The summed E-state index contributed by atoms with van der Waals surface area (Å²) in [6.07, 6.45) is 9.71. The van der Waals surface area contributed by atoms with Crippen LogP contribution in [0.4, 0.5) is 0 Å². The second-order valence-electron chi connectivity index (χ2n) is 16.4. The lowest BCUT2D eigenvalue weighted by Crippen LogP contribution is -2.62. The molecule has 2 bridgehead atoms. The largest absolute Gasteiger partial charge is 0.508 e. The third-order valence-corrected chi connectivity index (χ3v) is 12.2. The first-order valence-electron chi connectivity index (χ1n) is 21.1. The molecule has 334 valence electrons. The van der Waals surface area contributed by atoms with Crippen molar-refractivity contribution in [3.8, 4) is 5.75 Å². The van der Waals surface area contributed by atoms with Crippen molar-refractivity contribution in [2.75, 3.05) is 24.7 Å². The molecule has 2 saturated heterocycles. The fourth-order valence-electron chi connectivity index (χ4n) is 7.31. The number of nitrogens with zero attached hydrogens (tertiary/aromatic N) is 2. The number of allylic oxidation sites excluding steroid dienone is 4. The van der Waals surface area contributed by atoms with Gasteiger partial charge in [0.25, 0.3) is 5.91 Å². The van der Waals surface area contributed by atoms with Crippen LogP contribution in [-0.2, 0) is 39.9 Å². The normalized spacial score (nSPS) is 29.2. The molecule has 4 amide bonds. The number of aromatic hydroxyl groups is 1. The highest BCUT2D eigenvalue weighted by Crippen LogP contribution is 2.24. The molecule has 0 radical (unpaired) electrons. The van der Waals surface area contributed by atoms with Gasteiger partial charge in [-0.25, -0.2) is 5.43 Å². The molecule has 8 atom stereocenters. The van der Waals surface area contributed by atoms with Crippen molar-refractivity contribution in [1.29, 1.82) is 0 Å². The summed E-state index contributed by atoms with van der Waals surface area (Å²) in [5, 5.41) is 39.6. The van der Waals surface area contributed by atoms with E-state index >= 15 is 0 Å². The second kappa shape index (κ2) is 24.0. The third kappa shape index (κ3) is 15.0. The summed E-state index contributed by atoms with van der Waals surface area (Å²) in [5.74, 6) is -3.80. The van der Waals surface area contributed by atoms with Crippen LogP contribution < -0.4 is 16.1 Å². The Morgan fingerprint density at radius 2 is 1.80 bits per heavy atom. The lowest BCUT2D eigenvalue weighted by Gasteiger charge is -2.36. The molecule has 0 saturated carbocycles. The number of cyclic esters (lactones) is 1. The number of aliphatic hydroxyl groups is 2. The molecule has 1 aromatic rings. The highest BCUT2D eigenvalue weighted by atomic mass is 32.2. The number of esters is 1. The van der Waals surface area contributed by atoms with Crippen LogP contribution in [0.5, 0.6) is 5.75 Å². The molecule has 1 aromatic carbocycles. The van der Waals surface area contributed by atoms with E-state index in [1.165, 1.54) is 36.2 Å². The maximum atomic E-state index is 14.4. The van der Waals surface area contributed by atoms with Crippen molar-refractivity contribution in [2.24, 2.45) is 17.8 Å². The number of phenols is 1. The minimum absolute atomic E-state index is 0.0251. The molecule has 4 rings (SSSR count). The van der Waals surface area contributed by atoms with Crippen molar-refractivity contribution >= 4 is 47.1 Å². The molecule has 0 aromatic heterocycles. The number of fused-ring (bicyclic) bond motifs is 2. The van der Waals surface area contributed by atoms with Crippen molar-refractivity contribution < 1.29 is 48.8 Å². The average molecular weight is 866 g/mol. The molecular formula is C45H63N5O10S. The molecule has 3 aliphatic heterocycles. The fraction of sp³-hybridized carbons (Fsp3) is 0.556. The Labute approximate surface area is 363 Å². The summed E-state index contributed by atoms with van der Waals surface area (Å²) in [6, 6.07) is 2.95. The van der Waals surface area contributed by atoms with Gasteiger partial charge >= 0.3 is 5.97 Å². The van der Waals surface area contributed by atoms with Crippen molar-refractivity contribution in [3.05, 3.63) is 77.9 Å². The average Bonchev–Trinajstić information content (AvgIpc) is 3.23. The number of phenolic OH excluding ortho intramolecular Hbond substituents is 1. The van der Waals surface area contributed by atoms with E-state index in [4.69, 9.17) is 4.74 Å². The Morgan fingerprint density at radius 3 is 2.49 bits per heavy atom. The number of hydrazine groups is 1. The highest BCUT2D eigenvalue weighted by molar-refractivity contribution is 7.99. The van der Waals surface area contributed by atoms with Gasteiger partial charge in [0.05, 0.1) is 24.0 Å². The number of carbonyl (C=O) groups is 6. The van der Waals surface area contributed by atoms with Gasteiger partial charge in [-0.2, -0.15) is 0 Å². The molecule has 3 aliphatic rings. The molecule has 6 N–H and O–H groups in total. The van der Waals surface area contributed by atoms with Crippen LogP contribution in [0, 0.1) is 17.8 Å². The van der Waals surface area contributed by atoms with Gasteiger partial charge in [0.2, 0.25) is 17.7 Å². The van der Waals surface area contributed by atoms with Crippen molar-refractivity contribution in [1.82, 2.24) is 26.0 Å². The van der Waals surface area contributed by atoms with Crippen LogP contribution in [0.3, 0.4) is 0 Å². The molecule has 0 spiro atoms. The van der Waals surface area contributed by atoms with Crippen molar-refractivity contribution in [2.45, 2.75) is 116 Å². The zero-order valence-corrected chi connectivity index (χ0v) is 36.6. The smallest absolute Gasteiger partial charge is 0.325 e. The van der Waals surface area contributed by atoms with Crippen molar-refractivity contribution in [3.63, 3.8) is 0 Å². The quantitative estimate of drug-likeness (QED) is 0.120. The summed E-state index contributed by atoms with van der Waals surface area (Å²) in [4.78, 5) is 82.8. The van der Waals surface area contributed by atoms with Gasteiger partial charge in [0.1, 0.15) is 35.8 Å². The lowest BCUT2D eigenvalue weighted by molar-refractivity contribution is -0.156. The molecule has 1 unspecified atom stereocenters. The SMILES string of the molecule is CC(=O)CC[C@H]1C(=O)N[C@@H](C(C)C)C(=O)N[C@@H](Cc2cccc(O)c2)C(=O)N2CCCC(N2)C(=O)O[C@H](/C(C)=C/C=C/C(=O)N2CCCSC2)C/C=C/C=C/[C@H](O)[C@H](C)[C@H]1O. The number of ketones is 1. The Hall–Kier alpha value is -4.77. The number of hydrogen-bond acceptors (Lipinski definition) is 12. The third-order valence-electron chi connectivity index (χ3n) is 11.1. The first-order chi connectivity index (χ1) is 29.0. The summed E-state index contributed by atoms with van der Waals surface area (Å²) >= 11 is 1.70. The number of ether oxygens (including phenoxy) is 1. The van der Waals surface area contributed by atoms with Crippen LogP contribution in [0.1, 0.15) is 78.7 Å². The monoisotopic (exact) mass is 865 g/mol. The number of carbonyl (C=O) groups excluding carboxylic acids is 6. The Balaban J connectivity index is 1.70. The topological polar surface area (TPSA) is 215 Å². The van der Waals surface area contributed by atoms with E-state index in [9.17, 15) is 44.1 Å². The first-order valence-corrected chi connectivity index (χ1v) is 22.3. The predicted molar refractivity (Wildman–Crippen MR) is 232 cm³/mol. The van der Waals surface area contributed by atoms with E-state index in [1.54, 1.807) is 86.9 Å². The Kier molecular flexibility index (Phi) is 19.3. The van der Waals surface area contributed by atoms with Gasteiger partial charge in [-0.3, -0.25) is 29.0 Å². The number of nitrogens with one attached hydrogen (secondary N) is 3. The van der Waals surface area contributed by atoms with E-state index in [0.717, 1.165) is 12.2 Å². The predicted octanol–water partition coefficient (Wildman–Crippen LogP) is 3.25. The number of thioether (sulfide) groups is 1. The minimum Gasteiger partial charge on any atom is -0.508 e. The number of benzene rings is 1. The number of hydrogen-bond donors (Lipinski definition) is 6. The maximum Gasteiger partial charge on any atom is 0.325 e. The zero-order valence-electron chi connectivity index (χ0n) is 35.8. The summed E-state index contributed by atoms with van der Waals surface area (Å²) in [6.45, 7) is 9.06. The molecular weight excluding hydrogens is 803 g/mol. The van der Waals surface area contributed by atoms with Crippen LogP contribution in [-0.4, -0.2) is 122 Å². The second-order valence-corrected chi connectivity index (χ2v) is 17.5. The summed E-state index contributed by atoms with van der Waals surface area (Å²) in [5.41, 5.74) is 4.20. The van der Waals surface area contributed by atoms with Crippen LogP contribution in [0.2, 0.25) is 0 Å². The molecule has 61 heavy (non-hydrogen) atoms. The van der Waals surface area contributed by atoms with Gasteiger partial charge in [-0.15, -0.1) is 11.8 Å². The van der Waals surface area contributed by atoms with Gasteiger partial charge in [-0.1, -0.05) is 69.4 Å². The number of aliphatic hydroxyl groups excluding tert-OH is 2. The van der Waals surface area contributed by atoms with E-state index in [2.05, 4.69) is 16.1 Å². The fourth-order valence-corrected chi connectivity index (χ4v) is 8.25. The Bertz CT molecular complexity index is 1830. The van der Waals surface area contributed by atoms with Gasteiger partial charge < -0.3 is 40.4 Å². The lowest BCUT2D eigenvalue weighted by atomic mass is 9.84. The standard InChI is InChI=1S/C45H63N5O10S/c1-28(2)40-43(57)46-36(26-32-14-10-15-33(52)25-32)44(58)50-23-11-16-35(48-50)45(59)60-38(29(3)13-9-19-39(54)49-22-12-24-61-27-49)18-8-6-7-17-37(53)31(5)41(55)34(42(56)47-40)21-20-30(4)51/h6-10,13-15,17,19,25,28,31,34-38,40-41,48,52-53,55H,11-12,16,18,20-24,26-27H2,1-5H3,(H,46,57)(H,47,56)/b8-6+,17-7+,19-9+,29-13+/t31-,34+,35?,36-,37-,38-,40-,41+/m0/s1. The first kappa shape index (κ1) is 48.9. The molecule has 15 nitrogen and oxygen atoms in total. The van der Waals surface area contributed by atoms with Gasteiger partial charge in [-0.05, 0) is 74.5 Å². The number of rotatable bonds is 9. The minimum atomic E-state index is -1.42. The molecule has 3 heterocycles. The number of Topliss-reactive ketones (excluding diaryl/α,β-unsaturated/α-hetero) is 1. The number of amides is 4. The van der Waals surface area contributed by atoms with Crippen LogP contribution in [0.25, 0.3) is 0 Å². The van der Waals surface area contributed by atoms with E-state index < -0.39 is 77.9 Å². The highest BCUT2D eigenvalue weighted by Gasteiger charge is 2.38. The van der Waals surface area contributed by atoms with E-state index in [0.29, 0.717) is 36.4 Å². The van der Waals surface area contributed by atoms with E-state index in [-0.39, 0.29) is 49.7 Å². The van der Waals surface area contributed by atoms with Gasteiger partial charge in [0.15, 0.2) is 0 Å². The summed E-state index contributed by atoms with van der Waals surface area (Å²) in [7, 11) is 0. The molecule has 16 heteroatoms. The molecule has 0 aliphatic carbocycles.